The molecule has 0 radical (unpaired) electrons. The van der Waals surface area contributed by atoms with E-state index in [4.69, 9.17) is 11.6 Å². The molecule has 0 bridgehead atoms. The molecule has 0 aliphatic rings. The van der Waals surface area contributed by atoms with Crippen LogP contribution in [0, 0.1) is 10.1 Å². The molecule has 0 aromatic carbocycles. The molecule has 0 aliphatic heterocycles. The number of hydrogen-bond acceptors (Lipinski definition) is 5. The minimum atomic E-state index is -0.624. The van der Waals surface area contributed by atoms with Crippen LogP contribution in [0.4, 0.5) is 5.69 Å². The van der Waals surface area contributed by atoms with E-state index in [9.17, 15) is 14.9 Å². The van der Waals surface area contributed by atoms with Gasteiger partial charge in [-0.2, -0.15) is 10.2 Å². The lowest BCUT2D eigenvalue weighted by Crippen LogP contribution is -2.28. The largest absolute Gasteiger partial charge is 0.349 e. The number of nitrogens with zero attached hydrogens (tertiary/aromatic N) is 5. The van der Waals surface area contributed by atoms with Gasteiger partial charge in [-0.3, -0.25) is 24.3 Å². The molecule has 2 heterocycles. The molecule has 0 unspecified atom stereocenters. The number of halogens is 1. The molecule has 0 saturated heterocycles. The zero-order valence-electron chi connectivity index (χ0n) is 11.2. The Morgan fingerprint density at radius 2 is 2.24 bits per heavy atom. The van der Waals surface area contributed by atoms with E-state index < -0.39 is 10.8 Å². The minimum Gasteiger partial charge on any atom is -0.349 e. The van der Waals surface area contributed by atoms with E-state index >= 15 is 0 Å². The molecule has 21 heavy (non-hydrogen) atoms. The lowest BCUT2D eigenvalue weighted by atomic mass is 10.3. The zero-order chi connectivity index (χ0) is 15.4. The maximum absolute atomic E-state index is 11.9. The summed E-state index contributed by atoms with van der Waals surface area (Å²) >= 11 is 5.71. The van der Waals surface area contributed by atoms with Crippen LogP contribution >= 0.6 is 11.6 Å². The van der Waals surface area contributed by atoms with Crippen molar-refractivity contribution < 1.29 is 9.72 Å². The Hall–Kier alpha value is -2.42. The predicted molar refractivity (Wildman–Crippen MR) is 74.1 cm³/mol. The first kappa shape index (κ1) is 15.0. The topological polar surface area (TPSA) is 108 Å². The Balaban J connectivity index is 1.99. The maximum Gasteiger partial charge on any atom is 0.320 e. The highest BCUT2D eigenvalue weighted by Gasteiger charge is 2.24. The lowest BCUT2D eigenvalue weighted by molar-refractivity contribution is -0.385. The summed E-state index contributed by atoms with van der Waals surface area (Å²) in [6, 6.07) is 0. The molecule has 10 heteroatoms. The molecule has 0 aliphatic carbocycles. The van der Waals surface area contributed by atoms with Crippen molar-refractivity contribution in [1.82, 2.24) is 24.9 Å². The molecule has 0 saturated carbocycles. The summed E-state index contributed by atoms with van der Waals surface area (Å²) in [6.45, 7) is 2.88. The van der Waals surface area contributed by atoms with E-state index in [1.807, 2.05) is 0 Å². The third-order valence-corrected chi connectivity index (χ3v) is 2.90. The van der Waals surface area contributed by atoms with Gasteiger partial charge in [0.05, 0.1) is 22.7 Å². The van der Waals surface area contributed by atoms with E-state index in [2.05, 4.69) is 15.5 Å². The van der Waals surface area contributed by atoms with Gasteiger partial charge in [0.15, 0.2) is 0 Å². The first-order valence-corrected chi connectivity index (χ1v) is 6.57. The molecule has 2 aromatic heterocycles. The molecule has 0 atom stereocenters. The number of carbonyl (C=O) groups excluding carboxylic acids is 1. The molecule has 1 amide bonds. The highest BCUT2D eigenvalue weighted by atomic mass is 35.5. The lowest BCUT2D eigenvalue weighted by Gasteiger charge is -2.03. The number of nitro groups is 1. The van der Waals surface area contributed by atoms with Crippen molar-refractivity contribution in [2.45, 2.75) is 20.0 Å². The third-order valence-electron chi connectivity index (χ3n) is 2.71. The maximum atomic E-state index is 11.9. The van der Waals surface area contributed by atoms with Gasteiger partial charge in [-0.15, -0.1) is 0 Å². The summed E-state index contributed by atoms with van der Waals surface area (Å²) in [6.07, 6.45) is 4.33. The first-order chi connectivity index (χ1) is 10.0. The fourth-order valence-electron chi connectivity index (χ4n) is 1.70. The Bertz CT molecular complexity index is 665. The molecule has 9 nitrogen and oxygen atoms in total. The van der Waals surface area contributed by atoms with Gasteiger partial charge in [0.1, 0.15) is 6.20 Å². The van der Waals surface area contributed by atoms with Crippen LogP contribution in [0.25, 0.3) is 0 Å². The molecular weight excluding hydrogens is 300 g/mol. The highest BCUT2D eigenvalue weighted by Crippen LogP contribution is 2.16. The van der Waals surface area contributed by atoms with Gasteiger partial charge in [0.25, 0.3) is 5.91 Å². The van der Waals surface area contributed by atoms with Crippen molar-refractivity contribution >= 4 is 23.2 Å². The smallest absolute Gasteiger partial charge is 0.320 e. The first-order valence-electron chi connectivity index (χ1n) is 6.19. The third kappa shape index (κ3) is 3.57. The number of carbonyl (C=O) groups is 1. The normalized spacial score (nSPS) is 10.6. The standard InChI is InChI=1S/C11H13ClN6O3/c1-2-16-7-9(18(20)21)10(15-16)11(19)13-3-4-17-6-8(12)5-14-17/h5-7H,2-4H2,1H3,(H,13,19). The average Bonchev–Trinajstić information content (AvgIpc) is 3.04. The summed E-state index contributed by atoms with van der Waals surface area (Å²) in [5.41, 5.74) is -0.503. The number of hydrogen-bond donors (Lipinski definition) is 1. The second-order valence-corrected chi connectivity index (χ2v) is 4.59. The van der Waals surface area contributed by atoms with Gasteiger partial charge in [0, 0.05) is 19.3 Å². The van der Waals surface area contributed by atoms with Crippen LogP contribution in [0.2, 0.25) is 5.02 Å². The zero-order valence-corrected chi connectivity index (χ0v) is 11.9. The van der Waals surface area contributed by atoms with Crippen LogP contribution in [-0.2, 0) is 13.1 Å². The Labute approximate surface area is 124 Å². The van der Waals surface area contributed by atoms with Gasteiger partial charge in [-0.1, -0.05) is 11.6 Å². The van der Waals surface area contributed by atoms with Gasteiger partial charge in [0.2, 0.25) is 5.69 Å². The molecule has 2 aromatic rings. The van der Waals surface area contributed by atoms with Gasteiger partial charge >= 0.3 is 5.69 Å². The highest BCUT2D eigenvalue weighted by molar-refractivity contribution is 6.30. The van der Waals surface area contributed by atoms with Gasteiger partial charge in [-0.05, 0) is 6.92 Å². The second kappa shape index (κ2) is 6.35. The molecule has 1 N–H and O–H groups in total. The molecule has 112 valence electrons. The van der Waals surface area contributed by atoms with Gasteiger partial charge in [-0.25, -0.2) is 0 Å². The summed E-state index contributed by atoms with van der Waals surface area (Å²) in [4.78, 5) is 22.2. The average molecular weight is 313 g/mol. The quantitative estimate of drug-likeness (QED) is 0.634. The summed E-state index contributed by atoms with van der Waals surface area (Å²) in [5.74, 6) is -0.591. The number of nitrogens with one attached hydrogen (secondary N) is 1. The van der Waals surface area contributed by atoms with Crippen LogP contribution in [0.15, 0.2) is 18.6 Å². The summed E-state index contributed by atoms with van der Waals surface area (Å²) in [5, 5.41) is 21.8. The molecule has 0 spiro atoms. The SMILES string of the molecule is CCn1cc([N+](=O)[O-])c(C(=O)NCCn2cc(Cl)cn2)n1. The molecule has 2 rings (SSSR count). The van der Waals surface area contributed by atoms with E-state index in [1.165, 1.54) is 17.1 Å². The summed E-state index contributed by atoms with van der Waals surface area (Å²) in [7, 11) is 0. The van der Waals surface area contributed by atoms with Crippen LogP contribution in [0.1, 0.15) is 17.4 Å². The van der Waals surface area contributed by atoms with Crippen LogP contribution in [0.5, 0.6) is 0 Å². The number of rotatable bonds is 6. The van der Waals surface area contributed by atoms with Crippen molar-refractivity contribution in [2.24, 2.45) is 0 Å². The fraction of sp³-hybridized carbons (Fsp3) is 0.364. The molecule has 0 fully saturated rings. The van der Waals surface area contributed by atoms with Crippen LogP contribution in [-0.4, -0.2) is 36.9 Å². The Morgan fingerprint density at radius 1 is 1.48 bits per heavy atom. The predicted octanol–water partition coefficient (Wildman–Crippen LogP) is 1.09. The molecular formula is C11H13ClN6O3. The van der Waals surface area contributed by atoms with Gasteiger partial charge < -0.3 is 5.32 Å². The Morgan fingerprint density at radius 3 is 2.81 bits per heavy atom. The summed E-state index contributed by atoms with van der Waals surface area (Å²) < 4.78 is 2.90. The van der Waals surface area contributed by atoms with Crippen molar-refractivity contribution in [1.29, 1.82) is 0 Å². The van der Waals surface area contributed by atoms with E-state index in [0.717, 1.165) is 0 Å². The van der Waals surface area contributed by atoms with Crippen LogP contribution < -0.4 is 5.32 Å². The van der Waals surface area contributed by atoms with E-state index in [1.54, 1.807) is 17.8 Å². The van der Waals surface area contributed by atoms with Crippen molar-refractivity contribution in [3.63, 3.8) is 0 Å². The number of amides is 1. The second-order valence-electron chi connectivity index (χ2n) is 4.15. The monoisotopic (exact) mass is 312 g/mol. The van der Waals surface area contributed by atoms with Crippen molar-refractivity contribution in [3.8, 4) is 0 Å². The van der Waals surface area contributed by atoms with Crippen molar-refractivity contribution in [3.05, 3.63) is 39.4 Å². The fourth-order valence-corrected chi connectivity index (χ4v) is 1.85. The van der Waals surface area contributed by atoms with E-state index in [0.29, 0.717) is 18.1 Å². The van der Waals surface area contributed by atoms with Crippen LogP contribution in [0.3, 0.4) is 0 Å². The minimum absolute atomic E-state index is 0.194. The Kier molecular flexibility index (Phi) is 4.53. The number of aryl methyl sites for hydroxylation is 1. The number of aromatic nitrogens is 4. The van der Waals surface area contributed by atoms with Crippen molar-refractivity contribution in [2.75, 3.05) is 6.54 Å². The van der Waals surface area contributed by atoms with E-state index in [-0.39, 0.29) is 17.9 Å².